The molecule has 0 radical (unpaired) electrons. The number of halogens is 1. The van der Waals surface area contributed by atoms with E-state index in [0.717, 1.165) is 5.56 Å². The number of pyridine rings is 1. The van der Waals surface area contributed by atoms with Gasteiger partial charge in [0.05, 0.1) is 6.54 Å². The van der Waals surface area contributed by atoms with Crippen LogP contribution in [0.4, 0.5) is 4.39 Å². The molecule has 2 rings (SSSR count). The molecular weight excluding hydrogens is 259 g/mol. The van der Waals surface area contributed by atoms with Crippen LogP contribution in [0.2, 0.25) is 0 Å². The first-order valence-corrected chi connectivity index (χ1v) is 6.47. The van der Waals surface area contributed by atoms with Gasteiger partial charge in [0.25, 0.3) is 5.56 Å². The summed E-state index contributed by atoms with van der Waals surface area (Å²) in [5.74, 6) is 0.306. The van der Waals surface area contributed by atoms with E-state index >= 15 is 0 Å². The highest BCUT2D eigenvalue weighted by Crippen LogP contribution is 2.20. The molecule has 1 aromatic carbocycles. The molecule has 0 saturated carbocycles. The van der Waals surface area contributed by atoms with Crippen molar-refractivity contribution in [1.82, 2.24) is 4.57 Å². The molecule has 0 bridgehead atoms. The van der Waals surface area contributed by atoms with Crippen LogP contribution in [-0.4, -0.2) is 17.7 Å². The molecule has 1 aromatic heterocycles. The summed E-state index contributed by atoms with van der Waals surface area (Å²) in [6.07, 6.45) is 2.26. The van der Waals surface area contributed by atoms with Gasteiger partial charge < -0.3 is 15.0 Å². The van der Waals surface area contributed by atoms with Crippen LogP contribution in [0.1, 0.15) is 5.56 Å². The van der Waals surface area contributed by atoms with Crippen molar-refractivity contribution in [3.8, 4) is 5.75 Å². The SMILES string of the molecule is NCCc1cc(F)ccc1OCCn1ccccc1=O. The second-order valence-electron chi connectivity index (χ2n) is 4.37. The standard InChI is InChI=1S/C15H17FN2O2/c16-13-4-5-14(12(11-13)6-7-17)20-10-9-18-8-2-1-3-15(18)19/h1-5,8,11H,6-7,9-10,17H2. The lowest BCUT2D eigenvalue weighted by Crippen LogP contribution is -2.21. The van der Waals surface area contributed by atoms with Crippen LogP contribution < -0.4 is 16.0 Å². The summed E-state index contributed by atoms with van der Waals surface area (Å²) in [4.78, 5) is 11.5. The Bertz CT molecular complexity index is 625. The lowest BCUT2D eigenvalue weighted by atomic mass is 10.1. The van der Waals surface area contributed by atoms with Crippen molar-refractivity contribution in [3.05, 3.63) is 64.3 Å². The molecule has 1 heterocycles. The zero-order valence-electron chi connectivity index (χ0n) is 11.1. The highest BCUT2D eigenvalue weighted by molar-refractivity contribution is 5.34. The fourth-order valence-corrected chi connectivity index (χ4v) is 1.94. The molecule has 20 heavy (non-hydrogen) atoms. The minimum absolute atomic E-state index is 0.0719. The van der Waals surface area contributed by atoms with Gasteiger partial charge in [-0.3, -0.25) is 4.79 Å². The van der Waals surface area contributed by atoms with Gasteiger partial charge in [0.15, 0.2) is 0 Å². The van der Waals surface area contributed by atoms with E-state index in [2.05, 4.69) is 0 Å². The highest BCUT2D eigenvalue weighted by atomic mass is 19.1. The number of aromatic nitrogens is 1. The lowest BCUT2D eigenvalue weighted by molar-refractivity contribution is 0.293. The smallest absolute Gasteiger partial charge is 0.250 e. The maximum Gasteiger partial charge on any atom is 0.250 e. The average molecular weight is 276 g/mol. The van der Waals surface area contributed by atoms with Crippen molar-refractivity contribution in [1.29, 1.82) is 0 Å². The lowest BCUT2D eigenvalue weighted by Gasteiger charge is -2.12. The van der Waals surface area contributed by atoms with E-state index in [1.807, 2.05) is 0 Å². The summed E-state index contributed by atoms with van der Waals surface area (Å²) >= 11 is 0. The predicted octanol–water partition coefficient (Wildman–Crippen LogP) is 1.57. The third-order valence-electron chi connectivity index (χ3n) is 2.92. The van der Waals surface area contributed by atoms with Crippen LogP contribution >= 0.6 is 0 Å². The number of ether oxygens (including phenoxy) is 1. The maximum absolute atomic E-state index is 13.2. The van der Waals surface area contributed by atoms with E-state index in [1.165, 1.54) is 18.2 Å². The zero-order chi connectivity index (χ0) is 14.4. The number of hydrogen-bond donors (Lipinski definition) is 1. The van der Waals surface area contributed by atoms with Crippen LogP contribution in [0.5, 0.6) is 5.75 Å². The van der Waals surface area contributed by atoms with Gasteiger partial charge in [-0.2, -0.15) is 0 Å². The minimum atomic E-state index is -0.305. The highest BCUT2D eigenvalue weighted by Gasteiger charge is 2.05. The normalized spacial score (nSPS) is 10.5. The molecule has 0 fully saturated rings. The van der Waals surface area contributed by atoms with Gasteiger partial charge in [0.2, 0.25) is 0 Å². The molecule has 2 N–H and O–H groups in total. The van der Waals surface area contributed by atoms with Gasteiger partial charge in [-0.05, 0) is 42.8 Å². The van der Waals surface area contributed by atoms with Gasteiger partial charge in [-0.15, -0.1) is 0 Å². The van der Waals surface area contributed by atoms with Crippen LogP contribution in [0.15, 0.2) is 47.4 Å². The predicted molar refractivity (Wildman–Crippen MR) is 75.4 cm³/mol. The fourth-order valence-electron chi connectivity index (χ4n) is 1.94. The second-order valence-corrected chi connectivity index (χ2v) is 4.37. The number of nitrogens with two attached hydrogens (primary N) is 1. The maximum atomic E-state index is 13.2. The van der Waals surface area contributed by atoms with Crippen molar-refractivity contribution in [3.63, 3.8) is 0 Å². The van der Waals surface area contributed by atoms with Crippen molar-refractivity contribution >= 4 is 0 Å². The van der Waals surface area contributed by atoms with E-state index < -0.39 is 0 Å². The van der Waals surface area contributed by atoms with E-state index in [4.69, 9.17) is 10.5 Å². The quantitative estimate of drug-likeness (QED) is 0.871. The van der Waals surface area contributed by atoms with Gasteiger partial charge in [0, 0.05) is 12.3 Å². The van der Waals surface area contributed by atoms with Crippen molar-refractivity contribution in [2.24, 2.45) is 5.73 Å². The molecule has 0 amide bonds. The van der Waals surface area contributed by atoms with Crippen LogP contribution in [0, 0.1) is 5.82 Å². The molecule has 0 spiro atoms. The number of nitrogens with zero attached hydrogens (tertiary/aromatic N) is 1. The summed E-state index contributed by atoms with van der Waals surface area (Å²) in [7, 11) is 0. The Morgan fingerprint density at radius 3 is 2.85 bits per heavy atom. The molecule has 0 unspecified atom stereocenters. The Morgan fingerprint density at radius 1 is 1.25 bits per heavy atom. The molecule has 0 saturated heterocycles. The molecule has 0 aliphatic carbocycles. The second kappa shape index (κ2) is 6.86. The third-order valence-corrected chi connectivity index (χ3v) is 2.92. The first-order valence-electron chi connectivity index (χ1n) is 6.47. The van der Waals surface area contributed by atoms with Crippen LogP contribution in [-0.2, 0) is 13.0 Å². The summed E-state index contributed by atoms with van der Waals surface area (Å²) in [6.45, 7) is 1.21. The van der Waals surface area contributed by atoms with Crippen LogP contribution in [0.3, 0.4) is 0 Å². The third kappa shape index (κ3) is 3.68. The summed E-state index contributed by atoms with van der Waals surface area (Å²) in [6, 6.07) is 9.35. The Labute approximate surface area is 116 Å². The summed E-state index contributed by atoms with van der Waals surface area (Å²) in [5, 5.41) is 0. The molecule has 0 aliphatic heterocycles. The number of rotatable bonds is 6. The topological polar surface area (TPSA) is 57.2 Å². The monoisotopic (exact) mass is 276 g/mol. The largest absolute Gasteiger partial charge is 0.491 e. The molecule has 2 aromatic rings. The molecule has 5 heteroatoms. The number of benzene rings is 1. The molecular formula is C15H17FN2O2. The van der Waals surface area contributed by atoms with E-state index in [1.54, 1.807) is 29.0 Å². The summed E-state index contributed by atoms with van der Waals surface area (Å²) in [5.41, 5.74) is 6.17. The molecule has 0 atom stereocenters. The van der Waals surface area contributed by atoms with Gasteiger partial charge in [0.1, 0.15) is 18.2 Å². The molecule has 106 valence electrons. The molecule has 4 nitrogen and oxygen atoms in total. The first-order chi connectivity index (χ1) is 9.70. The Kier molecular flexibility index (Phi) is 4.90. The average Bonchev–Trinajstić information content (AvgIpc) is 2.43. The Balaban J connectivity index is 2.01. The minimum Gasteiger partial charge on any atom is -0.491 e. The van der Waals surface area contributed by atoms with Crippen molar-refractivity contribution in [2.45, 2.75) is 13.0 Å². The van der Waals surface area contributed by atoms with Crippen molar-refractivity contribution in [2.75, 3.05) is 13.2 Å². The van der Waals surface area contributed by atoms with Crippen LogP contribution in [0.25, 0.3) is 0 Å². The van der Waals surface area contributed by atoms with Crippen molar-refractivity contribution < 1.29 is 9.13 Å². The van der Waals surface area contributed by atoms with E-state index in [0.29, 0.717) is 31.9 Å². The molecule has 0 aliphatic rings. The number of hydrogen-bond acceptors (Lipinski definition) is 3. The van der Waals surface area contributed by atoms with Gasteiger partial charge in [-0.1, -0.05) is 6.07 Å². The van der Waals surface area contributed by atoms with E-state index in [9.17, 15) is 9.18 Å². The fraction of sp³-hybridized carbons (Fsp3) is 0.267. The Hall–Kier alpha value is -2.14. The zero-order valence-corrected chi connectivity index (χ0v) is 11.1. The first kappa shape index (κ1) is 14.3. The van der Waals surface area contributed by atoms with Gasteiger partial charge in [-0.25, -0.2) is 4.39 Å². The van der Waals surface area contributed by atoms with Gasteiger partial charge >= 0.3 is 0 Å². The van der Waals surface area contributed by atoms with E-state index in [-0.39, 0.29) is 11.4 Å². The Morgan fingerprint density at radius 2 is 2.10 bits per heavy atom. The summed E-state index contributed by atoms with van der Waals surface area (Å²) < 4.78 is 20.4.